The topological polar surface area (TPSA) is 94.9 Å². The highest BCUT2D eigenvalue weighted by atomic mass is 32.2. The summed E-state index contributed by atoms with van der Waals surface area (Å²) in [6.07, 6.45) is 2.94. The van der Waals surface area contributed by atoms with Gasteiger partial charge in [-0.3, -0.25) is 14.5 Å². The molecule has 1 fully saturated rings. The second kappa shape index (κ2) is 8.26. The van der Waals surface area contributed by atoms with Gasteiger partial charge in [0, 0.05) is 0 Å². The molecule has 1 atom stereocenters. The van der Waals surface area contributed by atoms with Gasteiger partial charge in [-0.25, -0.2) is 4.79 Å². The lowest BCUT2D eigenvalue weighted by Gasteiger charge is -2.21. The van der Waals surface area contributed by atoms with Crippen molar-refractivity contribution in [2.24, 2.45) is 0 Å². The maximum absolute atomic E-state index is 12.5. The molecule has 1 amide bonds. The van der Waals surface area contributed by atoms with E-state index in [0.717, 1.165) is 35.1 Å². The zero-order chi connectivity index (χ0) is 18.6. The molecule has 0 saturated carbocycles. The van der Waals surface area contributed by atoms with E-state index in [9.17, 15) is 19.5 Å². The van der Waals surface area contributed by atoms with Crippen LogP contribution in [0.4, 0.5) is 0 Å². The van der Waals surface area contributed by atoms with Gasteiger partial charge in [-0.15, -0.1) is 0 Å². The first-order chi connectivity index (χ1) is 11.8. The number of carbonyl (C=O) groups excluding carboxylic acids is 1. The Labute approximate surface area is 154 Å². The van der Waals surface area contributed by atoms with Crippen LogP contribution >= 0.6 is 24.0 Å². The molecule has 1 aromatic rings. The SMILES string of the molecule is CCCc1ccc(/C=C2\SC(=S)N(C(CC(=O)O)C(=O)O)C2=O)cc1. The van der Waals surface area contributed by atoms with Crippen LogP contribution in [-0.2, 0) is 20.8 Å². The number of aryl methyl sites for hydroxylation is 1. The minimum atomic E-state index is -1.51. The van der Waals surface area contributed by atoms with Crippen molar-refractivity contribution in [3.05, 3.63) is 40.3 Å². The van der Waals surface area contributed by atoms with E-state index < -0.39 is 30.3 Å². The van der Waals surface area contributed by atoms with Gasteiger partial charge in [0.15, 0.2) is 0 Å². The number of thioether (sulfide) groups is 1. The van der Waals surface area contributed by atoms with Gasteiger partial charge >= 0.3 is 11.9 Å². The van der Waals surface area contributed by atoms with Crippen LogP contribution in [0.2, 0.25) is 0 Å². The lowest BCUT2D eigenvalue weighted by atomic mass is 10.1. The number of thiocarbonyl (C=S) groups is 1. The molecule has 1 unspecified atom stereocenters. The second-order valence-electron chi connectivity index (χ2n) is 5.50. The number of amides is 1. The molecule has 1 saturated heterocycles. The molecule has 0 bridgehead atoms. The molecule has 2 rings (SSSR count). The zero-order valence-electron chi connectivity index (χ0n) is 13.5. The molecule has 1 heterocycles. The van der Waals surface area contributed by atoms with E-state index in [2.05, 4.69) is 6.92 Å². The van der Waals surface area contributed by atoms with Crippen molar-refractivity contribution in [2.45, 2.75) is 32.2 Å². The van der Waals surface area contributed by atoms with E-state index >= 15 is 0 Å². The van der Waals surface area contributed by atoms with Gasteiger partial charge < -0.3 is 10.2 Å². The lowest BCUT2D eigenvalue weighted by molar-refractivity contribution is -0.150. The van der Waals surface area contributed by atoms with Crippen molar-refractivity contribution in [3.63, 3.8) is 0 Å². The molecule has 132 valence electrons. The van der Waals surface area contributed by atoms with E-state index in [1.54, 1.807) is 6.08 Å². The molecular formula is C17H17NO5S2. The number of hydrogen-bond donors (Lipinski definition) is 2. The normalized spacial score (nSPS) is 17.2. The summed E-state index contributed by atoms with van der Waals surface area (Å²) < 4.78 is 0.0486. The quantitative estimate of drug-likeness (QED) is 0.555. The first-order valence-corrected chi connectivity index (χ1v) is 8.86. The molecule has 0 aromatic heterocycles. The summed E-state index contributed by atoms with van der Waals surface area (Å²) in [6.45, 7) is 2.09. The molecule has 8 heteroatoms. The van der Waals surface area contributed by atoms with Crippen molar-refractivity contribution in [3.8, 4) is 0 Å². The molecule has 25 heavy (non-hydrogen) atoms. The van der Waals surface area contributed by atoms with Crippen LogP contribution in [0.3, 0.4) is 0 Å². The lowest BCUT2D eigenvalue weighted by Crippen LogP contribution is -2.45. The Hall–Kier alpha value is -2.19. The monoisotopic (exact) mass is 379 g/mol. The second-order valence-corrected chi connectivity index (χ2v) is 7.17. The number of aliphatic carboxylic acids is 2. The smallest absolute Gasteiger partial charge is 0.327 e. The fourth-order valence-electron chi connectivity index (χ4n) is 2.42. The Bertz CT molecular complexity index is 742. The van der Waals surface area contributed by atoms with Gasteiger partial charge in [0.25, 0.3) is 5.91 Å². The highest BCUT2D eigenvalue weighted by Gasteiger charge is 2.41. The van der Waals surface area contributed by atoms with Crippen molar-refractivity contribution < 1.29 is 24.6 Å². The van der Waals surface area contributed by atoms with Crippen molar-refractivity contribution in [1.29, 1.82) is 0 Å². The van der Waals surface area contributed by atoms with Crippen LogP contribution in [0.15, 0.2) is 29.2 Å². The van der Waals surface area contributed by atoms with Crippen LogP contribution in [0.25, 0.3) is 6.08 Å². The number of carboxylic acids is 2. The molecule has 0 spiro atoms. The van der Waals surface area contributed by atoms with Gasteiger partial charge in [0.1, 0.15) is 10.4 Å². The van der Waals surface area contributed by atoms with Crippen molar-refractivity contribution >= 4 is 52.2 Å². The van der Waals surface area contributed by atoms with E-state index in [4.69, 9.17) is 17.3 Å². The molecule has 0 aliphatic carbocycles. The fourth-order valence-corrected chi connectivity index (χ4v) is 3.78. The number of carbonyl (C=O) groups is 3. The molecule has 1 aliphatic heterocycles. The Morgan fingerprint density at radius 3 is 2.44 bits per heavy atom. The summed E-state index contributed by atoms with van der Waals surface area (Å²) in [5.74, 6) is -3.29. The van der Waals surface area contributed by atoms with Gasteiger partial charge in [-0.2, -0.15) is 0 Å². The molecule has 1 aliphatic rings. The Morgan fingerprint density at radius 2 is 1.92 bits per heavy atom. The molecule has 0 radical (unpaired) electrons. The Morgan fingerprint density at radius 1 is 1.28 bits per heavy atom. The third-order valence-electron chi connectivity index (χ3n) is 3.60. The maximum Gasteiger partial charge on any atom is 0.327 e. The van der Waals surface area contributed by atoms with Crippen LogP contribution in [0.1, 0.15) is 30.9 Å². The molecule has 6 nitrogen and oxygen atoms in total. The number of hydrogen-bond acceptors (Lipinski definition) is 5. The number of benzene rings is 1. The van der Waals surface area contributed by atoms with Gasteiger partial charge in [-0.1, -0.05) is 61.6 Å². The van der Waals surface area contributed by atoms with Crippen LogP contribution in [-0.4, -0.2) is 43.3 Å². The highest BCUT2D eigenvalue weighted by molar-refractivity contribution is 8.26. The predicted molar refractivity (Wildman–Crippen MR) is 99.1 cm³/mol. The summed E-state index contributed by atoms with van der Waals surface area (Å²) in [5, 5.41) is 18.1. The Balaban J connectivity index is 2.24. The molecular weight excluding hydrogens is 362 g/mol. The van der Waals surface area contributed by atoms with Crippen LogP contribution in [0, 0.1) is 0 Å². The molecule has 2 N–H and O–H groups in total. The fraction of sp³-hybridized carbons (Fsp3) is 0.294. The summed E-state index contributed by atoms with van der Waals surface area (Å²) >= 11 is 6.06. The van der Waals surface area contributed by atoms with E-state index in [1.165, 1.54) is 5.56 Å². The number of rotatable bonds is 7. The minimum Gasteiger partial charge on any atom is -0.481 e. The summed E-state index contributed by atoms with van der Waals surface area (Å²) in [7, 11) is 0. The van der Waals surface area contributed by atoms with Crippen molar-refractivity contribution in [1.82, 2.24) is 4.90 Å². The third-order valence-corrected chi connectivity index (χ3v) is 4.93. The highest BCUT2D eigenvalue weighted by Crippen LogP contribution is 2.34. The Kier molecular flexibility index (Phi) is 6.33. The summed E-state index contributed by atoms with van der Waals surface area (Å²) in [5.41, 5.74) is 1.99. The summed E-state index contributed by atoms with van der Waals surface area (Å²) in [4.78, 5) is 35.9. The van der Waals surface area contributed by atoms with Crippen LogP contribution < -0.4 is 0 Å². The minimum absolute atomic E-state index is 0.0486. The van der Waals surface area contributed by atoms with E-state index in [-0.39, 0.29) is 9.23 Å². The standard InChI is InChI=1S/C17H17NO5S2/c1-2-3-10-4-6-11(7-5-10)8-13-15(21)18(17(24)25-13)12(16(22)23)9-14(19)20/h4-8,12H,2-3,9H2,1H3,(H,19,20)(H,22,23)/b13-8-. The predicted octanol–water partition coefficient (Wildman–Crippen LogP) is 2.77. The first kappa shape index (κ1) is 19.1. The van der Waals surface area contributed by atoms with Gasteiger partial charge in [-0.05, 0) is 23.6 Å². The maximum atomic E-state index is 12.5. The van der Waals surface area contributed by atoms with Crippen LogP contribution in [0.5, 0.6) is 0 Å². The van der Waals surface area contributed by atoms with Gasteiger partial charge in [0.2, 0.25) is 0 Å². The zero-order valence-corrected chi connectivity index (χ0v) is 15.1. The molecule has 1 aromatic carbocycles. The first-order valence-electron chi connectivity index (χ1n) is 7.64. The third kappa shape index (κ3) is 4.67. The van der Waals surface area contributed by atoms with E-state index in [1.807, 2.05) is 24.3 Å². The average molecular weight is 379 g/mol. The van der Waals surface area contributed by atoms with Gasteiger partial charge in [0.05, 0.1) is 11.3 Å². The number of nitrogens with zero attached hydrogens (tertiary/aromatic N) is 1. The average Bonchev–Trinajstić information content (AvgIpc) is 2.81. The number of carboxylic acid groups (broad SMARTS) is 2. The summed E-state index contributed by atoms with van der Waals surface area (Å²) in [6, 6.07) is 6.19. The van der Waals surface area contributed by atoms with E-state index in [0.29, 0.717) is 0 Å². The largest absolute Gasteiger partial charge is 0.481 e. The van der Waals surface area contributed by atoms with Crippen molar-refractivity contribution in [2.75, 3.05) is 0 Å².